The van der Waals surface area contributed by atoms with E-state index in [-0.39, 0.29) is 11.7 Å². The van der Waals surface area contributed by atoms with Gasteiger partial charge < -0.3 is 14.7 Å². The number of ketones is 1. The van der Waals surface area contributed by atoms with Crippen LogP contribution in [-0.2, 0) is 19.4 Å². The fraction of sp³-hybridized carbons (Fsp3) is 0.387. The highest BCUT2D eigenvalue weighted by Gasteiger charge is 2.35. The first-order valence-corrected chi connectivity index (χ1v) is 12.8. The molecule has 5 rings (SSSR count). The number of carbonyl (C=O) groups excluding carboxylic acids is 1. The number of rotatable bonds is 7. The van der Waals surface area contributed by atoms with E-state index in [0.717, 1.165) is 67.8 Å². The van der Waals surface area contributed by atoms with Crippen molar-refractivity contribution in [2.45, 2.75) is 51.2 Å². The molecule has 0 bridgehead atoms. The first kappa shape index (κ1) is 23.8. The number of benzene rings is 3. The van der Waals surface area contributed by atoms with Crippen molar-refractivity contribution in [1.82, 2.24) is 4.90 Å². The van der Waals surface area contributed by atoms with E-state index in [4.69, 9.17) is 4.74 Å². The Balaban J connectivity index is 1.14. The van der Waals surface area contributed by atoms with E-state index in [9.17, 15) is 9.90 Å². The van der Waals surface area contributed by atoms with Crippen LogP contribution >= 0.6 is 0 Å². The van der Waals surface area contributed by atoms with Gasteiger partial charge in [0.25, 0.3) is 0 Å². The molecular weight excluding hydrogens is 434 g/mol. The highest BCUT2D eigenvalue weighted by molar-refractivity contribution is 6.00. The summed E-state index contributed by atoms with van der Waals surface area (Å²) in [6.45, 7) is 5.07. The minimum Gasteiger partial charge on any atom is -0.489 e. The van der Waals surface area contributed by atoms with Crippen molar-refractivity contribution in [2.75, 3.05) is 19.6 Å². The van der Waals surface area contributed by atoms with Gasteiger partial charge in [-0.3, -0.25) is 4.79 Å². The molecule has 1 aliphatic carbocycles. The van der Waals surface area contributed by atoms with Gasteiger partial charge in [0, 0.05) is 37.5 Å². The van der Waals surface area contributed by atoms with Gasteiger partial charge in [0.15, 0.2) is 5.78 Å². The molecule has 2 aliphatic rings. The number of carbonyl (C=O) groups is 1. The van der Waals surface area contributed by atoms with Crippen LogP contribution in [0.1, 0.15) is 51.9 Å². The molecule has 4 heteroatoms. The summed E-state index contributed by atoms with van der Waals surface area (Å²) in [5.41, 5.74) is 4.87. The topological polar surface area (TPSA) is 49.8 Å². The third-order valence-corrected chi connectivity index (χ3v) is 7.64. The summed E-state index contributed by atoms with van der Waals surface area (Å²) in [7, 11) is 0. The number of fused-ring (bicyclic) bond motifs is 1. The largest absolute Gasteiger partial charge is 0.489 e. The SMILES string of the molecule is Cc1ccc(CC2(O)CCN(CC3CCc4cc(OCc5ccccc5)ccc4C3=O)CC2)cc1. The quantitative estimate of drug-likeness (QED) is 0.504. The van der Waals surface area contributed by atoms with E-state index < -0.39 is 5.60 Å². The molecule has 3 aromatic rings. The molecular formula is C31H35NO3. The lowest BCUT2D eigenvalue weighted by atomic mass is 9.81. The summed E-state index contributed by atoms with van der Waals surface area (Å²) in [5, 5.41) is 11.1. The summed E-state index contributed by atoms with van der Waals surface area (Å²) in [5.74, 6) is 1.10. The maximum Gasteiger partial charge on any atom is 0.167 e. The molecule has 1 atom stereocenters. The summed E-state index contributed by atoms with van der Waals surface area (Å²) < 4.78 is 5.97. The summed E-state index contributed by atoms with van der Waals surface area (Å²) in [6.07, 6.45) is 3.98. The van der Waals surface area contributed by atoms with Crippen LogP contribution in [0.25, 0.3) is 0 Å². The Kier molecular flexibility index (Phi) is 7.03. The van der Waals surface area contributed by atoms with Crippen molar-refractivity contribution in [2.24, 2.45) is 5.92 Å². The number of hydrogen-bond donors (Lipinski definition) is 1. The number of hydrogen-bond acceptors (Lipinski definition) is 4. The first-order chi connectivity index (χ1) is 17.0. The van der Waals surface area contributed by atoms with Crippen molar-refractivity contribution < 1.29 is 14.6 Å². The Hall–Kier alpha value is -2.95. The van der Waals surface area contributed by atoms with E-state index in [0.29, 0.717) is 13.0 Å². The van der Waals surface area contributed by atoms with E-state index in [2.05, 4.69) is 48.2 Å². The average Bonchev–Trinajstić information content (AvgIpc) is 2.88. The van der Waals surface area contributed by atoms with Gasteiger partial charge in [0.05, 0.1) is 5.60 Å². The van der Waals surface area contributed by atoms with E-state index in [1.807, 2.05) is 36.4 Å². The summed E-state index contributed by atoms with van der Waals surface area (Å²) in [4.78, 5) is 15.6. The van der Waals surface area contributed by atoms with Gasteiger partial charge in [-0.15, -0.1) is 0 Å². The predicted molar refractivity (Wildman–Crippen MR) is 139 cm³/mol. The molecule has 35 heavy (non-hydrogen) atoms. The lowest BCUT2D eigenvalue weighted by Crippen LogP contribution is -2.48. The number of likely N-dealkylation sites (tertiary alicyclic amines) is 1. The van der Waals surface area contributed by atoms with Crippen LogP contribution in [-0.4, -0.2) is 41.0 Å². The third-order valence-electron chi connectivity index (χ3n) is 7.64. The molecule has 3 aromatic carbocycles. The summed E-state index contributed by atoms with van der Waals surface area (Å²) >= 11 is 0. The molecule has 1 heterocycles. The monoisotopic (exact) mass is 469 g/mol. The highest BCUT2D eigenvalue weighted by atomic mass is 16.5. The van der Waals surface area contributed by atoms with Gasteiger partial charge in [-0.1, -0.05) is 60.2 Å². The van der Waals surface area contributed by atoms with Gasteiger partial charge in [-0.25, -0.2) is 0 Å². The van der Waals surface area contributed by atoms with Crippen LogP contribution in [0.5, 0.6) is 5.75 Å². The van der Waals surface area contributed by atoms with Crippen LogP contribution in [0.4, 0.5) is 0 Å². The second kappa shape index (κ2) is 10.3. The molecule has 0 saturated carbocycles. The van der Waals surface area contributed by atoms with Crippen molar-refractivity contribution in [3.63, 3.8) is 0 Å². The number of aliphatic hydroxyl groups is 1. The molecule has 0 radical (unpaired) electrons. The standard InChI is InChI=1S/C31H35NO3/c1-23-7-9-24(10-8-23)20-31(34)15-17-32(18-16-31)21-27-12-11-26-19-28(13-14-29(26)30(27)33)35-22-25-5-3-2-4-6-25/h2-10,13-14,19,27,34H,11-12,15-18,20-22H2,1H3. The second-order valence-corrected chi connectivity index (χ2v) is 10.4. The van der Waals surface area contributed by atoms with Crippen molar-refractivity contribution in [1.29, 1.82) is 0 Å². The lowest BCUT2D eigenvalue weighted by Gasteiger charge is -2.40. The van der Waals surface area contributed by atoms with Crippen molar-refractivity contribution in [3.8, 4) is 5.75 Å². The average molecular weight is 470 g/mol. The first-order valence-electron chi connectivity index (χ1n) is 12.8. The molecule has 0 amide bonds. The highest BCUT2D eigenvalue weighted by Crippen LogP contribution is 2.32. The zero-order valence-corrected chi connectivity index (χ0v) is 20.6. The number of piperidine rings is 1. The Morgan fingerprint density at radius 3 is 2.46 bits per heavy atom. The van der Waals surface area contributed by atoms with Crippen LogP contribution in [0.15, 0.2) is 72.8 Å². The van der Waals surface area contributed by atoms with Crippen LogP contribution in [0.2, 0.25) is 0 Å². The minimum absolute atomic E-state index is 0.0295. The number of Topliss-reactive ketones (excluding diaryl/α,β-unsaturated/α-hetero) is 1. The van der Waals surface area contributed by atoms with Crippen LogP contribution in [0, 0.1) is 12.8 Å². The predicted octanol–water partition coefficient (Wildman–Crippen LogP) is 5.39. The van der Waals surface area contributed by atoms with E-state index >= 15 is 0 Å². The molecule has 1 saturated heterocycles. The number of nitrogens with zero attached hydrogens (tertiary/aromatic N) is 1. The smallest absolute Gasteiger partial charge is 0.167 e. The Morgan fingerprint density at radius 2 is 1.71 bits per heavy atom. The fourth-order valence-corrected chi connectivity index (χ4v) is 5.43. The van der Waals surface area contributed by atoms with Crippen molar-refractivity contribution in [3.05, 3.63) is 101 Å². The Bertz CT molecular complexity index is 1150. The number of ether oxygens (including phenoxy) is 1. The molecule has 0 aromatic heterocycles. The zero-order chi connectivity index (χ0) is 24.3. The van der Waals surface area contributed by atoms with E-state index in [1.54, 1.807) is 0 Å². The van der Waals surface area contributed by atoms with Crippen molar-refractivity contribution >= 4 is 5.78 Å². The fourth-order valence-electron chi connectivity index (χ4n) is 5.43. The molecule has 182 valence electrons. The van der Waals surface area contributed by atoms with Gasteiger partial charge in [0.1, 0.15) is 12.4 Å². The molecule has 1 unspecified atom stereocenters. The lowest BCUT2D eigenvalue weighted by molar-refractivity contribution is -0.0231. The Morgan fingerprint density at radius 1 is 0.971 bits per heavy atom. The van der Waals surface area contributed by atoms with Crippen LogP contribution in [0.3, 0.4) is 0 Å². The maximum atomic E-state index is 13.3. The number of aryl methyl sites for hydroxylation is 2. The molecule has 1 fully saturated rings. The van der Waals surface area contributed by atoms with Gasteiger partial charge >= 0.3 is 0 Å². The van der Waals surface area contributed by atoms with Crippen LogP contribution < -0.4 is 4.74 Å². The van der Waals surface area contributed by atoms with Gasteiger partial charge in [-0.05, 0) is 67.5 Å². The maximum absolute atomic E-state index is 13.3. The normalized spacial score (nSPS) is 19.8. The molecule has 1 aliphatic heterocycles. The van der Waals surface area contributed by atoms with Gasteiger partial charge in [0.2, 0.25) is 0 Å². The zero-order valence-electron chi connectivity index (χ0n) is 20.6. The third kappa shape index (κ3) is 5.83. The van der Waals surface area contributed by atoms with Gasteiger partial charge in [-0.2, -0.15) is 0 Å². The summed E-state index contributed by atoms with van der Waals surface area (Å²) in [6, 6.07) is 24.5. The molecule has 0 spiro atoms. The molecule has 1 N–H and O–H groups in total. The van der Waals surface area contributed by atoms with E-state index in [1.165, 1.54) is 11.1 Å². The second-order valence-electron chi connectivity index (χ2n) is 10.4. The Labute approximate surface area is 208 Å². The molecule has 4 nitrogen and oxygen atoms in total. The minimum atomic E-state index is -0.648.